The number of aromatic nitrogens is 5. The van der Waals surface area contributed by atoms with E-state index in [-0.39, 0.29) is 24.0 Å². The van der Waals surface area contributed by atoms with E-state index >= 15 is 0 Å². The monoisotopic (exact) mass is 462 g/mol. The van der Waals surface area contributed by atoms with Crippen LogP contribution in [0, 0.1) is 17.1 Å². The zero-order valence-corrected chi connectivity index (χ0v) is 18.5. The average molecular weight is 462 g/mol. The summed E-state index contributed by atoms with van der Waals surface area (Å²) in [5.41, 5.74) is 2.60. The van der Waals surface area contributed by atoms with Crippen molar-refractivity contribution < 1.29 is 13.9 Å². The Balaban J connectivity index is 1.15. The van der Waals surface area contributed by atoms with Crippen molar-refractivity contribution in [3.05, 3.63) is 64.9 Å². The topological polar surface area (TPSA) is 113 Å². The van der Waals surface area contributed by atoms with E-state index in [1.54, 1.807) is 18.3 Å². The van der Waals surface area contributed by atoms with Crippen molar-refractivity contribution in [3.63, 3.8) is 0 Å². The summed E-state index contributed by atoms with van der Waals surface area (Å²) in [5, 5.41) is 20.3. The zero-order chi connectivity index (χ0) is 23.5. The normalized spacial score (nSPS) is 18.4. The zero-order valence-electron chi connectivity index (χ0n) is 18.5. The first kappa shape index (κ1) is 22.1. The first-order valence-electron chi connectivity index (χ1n) is 11.1. The van der Waals surface area contributed by atoms with Crippen LogP contribution in [0.2, 0.25) is 0 Å². The first-order valence-corrected chi connectivity index (χ1v) is 11.1. The molecule has 34 heavy (non-hydrogen) atoms. The Morgan fingerprint density at radius 1 is 1.21 bits per heavy atom. The van der Waals surface area contributed by atoms with Crippen molar-refractivity contribution in [1.29, 1.82) is 5.26 Å². The number of nitriles is 1. The molecule has 2 aromatic heterocycles. The van der Waals surface area contributed by atoms with Gasteiger partial charge < -0.3 is 9.64 Å². The van der Waals surface area contributed by atoms with Gasteiger partial charge in [0.15, 0.2) is 5.82 Å². The average Bonchev–Trinajstić information content (AvgIpc) is 3.40. The maximum Gasteiger partial charge on any atom is 0.227 e. The lowest BCUT2D eigenvalue weighted by atomic mass is 9.92. The molecular weight excluding hydrogens is 439 g/mol. The van der Waals surface area contributed by atoms with E-state index in [4.69, 9.17) is 4.74 Å². The molecule has 2 aliphatic heterocycles. The molecule has 0 aliphatic carbocycles. The van der Waals surface area contributed by atoms with Crippen LogP contribution in [0.25, 0.3) is 5.82 Å². The van der Waals surface area contributed by atoms with Crippen molar-refractivity contribution in [2.45, 2.75) is 18.9 Å². The fraction of sp³-hybridized carbons (Fsp3) is 0.391. The number of carbonyl (C=O) groups is 1. The molecule has 1 aromatic carbocycles. The number of halogens is 1. The predicted molar refractivity (Wildman–Crippen MR) is 117 cm³/mol. The van der Waals surface area contributed by atoms with Gasteiger partial charge in [-0.25, -0.2) is 9.37 Å². The molecule has 1 unspecified atom stereocenters. The third-order valence-corrected chi connectivity index (χ3v) is 6.33. The number of hydrogen-bond acceptors (Lipinski definition) is 8. The first-order chi connectivity index (χ1) is 16.6. The van der Waals surface area contributed by atoms with Crippen LogP contribution < -0.4 is 0 Å². The smallest absolute Gasteiger partial charge is 0.227 e. The Bertz CT molecular complexity index is 1200. The van der Waals surface area contributed by atoms with Crippen LogP contribution in [0.4, 0.5) is 4.39 Å². The van der Waals surface area contributed by atoms with Crippen molar-refractivity contribution >= 4 is 5.91 Å². The summed E-state index contributed by atoms with van der Waals surface area (Å²) >= 11 is 0. The van der Waals surface area contributed by atoms with Crippen LogP contribution in [-0.2, 0) is 22.4 Å². The third-order valence-electron chi connectivity index (χ3n) is 6.33. The van der Waals surface area contributed by atoms with E-state index in [1.807, 2.05) is 17.0 Å². The molecule has 1 amide bonds. The number of benzene rings is 1. The van der Waals surface area contributed by atoms with Gasteiger partial charge in [-0.05, 0) is 45.7 Å². The molecule has 0 saturated carbocycles. The minimum Gasteiger partial charge on any atom is -0.372 e. The molecule has 10 nitrogen and oxygen atoms in total. The predicted octanol–water partition coefficient (Wildman–Crippen LogP) is 1.07. The van der Waals surface area contributed by atoms with Gasteiger partial charge >= 0.3 is 0 Å². The van der Waals surface area contributed by atoms with Crippen LogP contribution in [0.15, 0.2) is 36.8 Å². The van der Waals surface area contributed by atoms with E-state index < -0.39 is 5.82 Å². The molecule has 5 rings (SSSR count). The minimum absolute atomic E-state index is 0.0602. The second kappa shape index (κ2) is 9.62. The number of fused-ring (bicyclic) bond motifs is 1. The molecule has 3 aromatic rings. The number of hydrogen-bond donors (Lipinski definition) is 0. The molecule has 4 heterocycles. The van der Waals surface area contributed by atoms with Crippen molar-refractivity contribution in [2.24, 2.45) is 0 Å². The van der Waals surface area contributed by atoms with Gasteiger partial charge in [-0.2, -0.15) is 9.94 Å². The van der Waals surface area contributed by atoms with Crippen LogP contribution >= 0.6 is 0 Å². The number of ether oxygens (including phenoxy) is 1. The lowest BCUT2D eigenvalue weighted by Gasteiger charge is -2.37. The highest BCUT2D eigenvalue weighted by molar-refractivity contribution is 5.78. The summed E-state index contributed by atoms with van der Waals surface area (Å²) < 4.78 is 21.4. The SMILES string of the molecule is N#Cc1c(F)ccc2c1CCOC2CN1CCN(C(=O)Cc2ccc(-n3cnnn3)nc2)CC1. The van der Waals surface area contributed by atoms with Gasteiger partial charge in [0, 0.05) is 38.9 Å². The van der Waals surface area contributed by atoms with E-state index in [9.17, 15) is 14.4 Å². The summed E-state index contributed by atoms with van der Waals surface area (Å²) in [5.74, 6) is 0.172. The van der Waals surface area contributed by atoms with E-state index in [1.165, 1.54) is 17.1 Å². The van der Waals surface area contributed by atoms with Crippen molar-refractivity contribution in [3.8, 4) is 11.9 Å². The molecule has 0 bridgehead atoms. The fourth-order valence-corrected chi connectivity index (χ4v) is 4.50. The molecule has 1 fully saturated rings. The number of nitrogens with zero attached hydrogens (tertiary/aromatic N) is 8. The number of pyridine rings is 1. The van der Waals surface area contributed by atoms with Crippen molar-refractivity contribution in [2.75, 3.05) is 39.3 Å². The largest absolute Gasteiger partial charge is 0.372 e. The number of amides is 1. The maximum atomic E-state index is 14.0. The van der Waals surface area contributed by atoms with Gasteiger partial charge in [0.1, 0.15) is 18.2 Å². The summed E-state index contributed by atoms with van der Waals surface area (Å²) in [4.78, 5) is 21.2. The second-order valence-corrected chi connectivity index (χ2v) is 8.35. The van der Waals surface area contributed by atoms with E-state index in [2.05, 4.69) is 25.4 Å². The molecule has 0 N–H and O–H groups in total. The molecule has 0 radical (unpaired) electrons. The van der Waals surface area contributed by atoms with Gasteiger partial charge in [0.25, 0.3) is 0 Å². The minimum atomic E-state index is -0.478. The Kier molecular flexibility index (Phi) is 6.24. The molecule has 1 saturated heterocycles. The Hall–Kier alpha value is -3.75. The molecular formula is C23H23FN8O2. The number of tetrazole rings is 1. The maximum absolute atomic E-state index is 14.0. The fourth-order valence-electron chi connectivity index (χ4n) is 4.50. The molecule has 11 heteroatoms. The van der Waals surface area contributed by atoms with Crippen LogP contribution in [0.3, 0.4) is 0 Å². The van der Waals surface area contributed by atoms with Crippen LogP contribution in [0.1, 0.15) is 28.4 Å². The Morgan fingerprint density at radius 3 is 2.76 bits per heavy atom. The summed E-state index contributed by atoms with van der Waals surface area (Å²) in [7, 11) is 0. The lowest BCUT2D eigenvalue weighted by molar-refractivity contribution is -0.132. The Labute approximate surface area is 195 Å². The van der Waals surface area contributed by atoms with Gasteiger partial charge in [-0.1, -0.05) is 12.1 Å². The van der Waals surface area contributed by atoms with Gasteiger partial charge in [-0.3, -0.25) is 9.69 Å². The lowest BCUT2D eigenvalue weighted by Crippen LogP contribution is -2.50. The third kappa shape index (κ3) is 4.50. The summed E-state index contributed by atoms with van der Waals surface area (Å²) in [6.45, 7) is 3.82. The second-order valence-electron chi connectivity index (χ2n) is 8.35. The number of rotatable bonds is 5. The van der Waals surface area contributed by atoms with E-state index in [0.717, 1.165) is 29.8 Å². The van der Waals surface area contributed by atoms with Gasteiger partial charge in [0.2, 0.25) is 5.91 Å². The molecule has 1 atom stereocenters. The van der Waals surface area contributed by atoms with Crippen molar-refractivity contribution in [1.82, 2.24) is 35.0 Å². The highest BCUT2D eigenvalue weighted by atomic mass is 19.1. The van der Waals surface area contributed by atoms with E-state index in [0.29, 0.717) is 38.5 Å². The summed E-state index contributed by atoms with van der Waals surface area (Å²) in [6.07, 6.45) is 3.75. The quantitative estimate of drug-likeness (QED) is 0.553. The molecule has 2 aliphatic rings. The van der Waals surface area contributed by atoms with Crippen LogP contribution in [0.5, 0.6) is 0 Å². The number of carbonyl (C=O) groups excluding carboxylic acids is 1. The summed E-state index contributed by atoms with van der Waals surface area (Å²) in [6, 6.07) is 8.71. The van der Waals surface area contributed by atoms with Crippen LogP contribution in [-0.4, -0.2) is 80.2 Å². The Morgan fingerprint density at radius 2 is 2.06 bits per heavy atom. The standard InChI is InChI=1S/C23H23FN8O2/c24-20-3-2-18-17(19(20)12-25)5-10-34-21(18)14-30-6-8-31(9-7-30)23(33)11-16-1-4-22(26-13-16)32-15-27-28-29-32/h1-4,13,15,21H,5-11,14H2. The highest BCUT2D eigenvalue weighted by Gasteiger charge is 2.29. The number of piperazine rings is 1. The molecule has 0 spiro atoms. The molecule has 174 valence electrons. The van der Waals surface area contributed by atoms with Gasteiger partial charge in [-0.15, -0.1) is 5.10 Å². The van der Waals surface area contributed by atoms with Gasteiger partial charge in [0.05, 0.1) is 24.7 Å². The highest BCUT2D eigenvalue weighted by Crippen LogP contribution is 2.31.